The summed E-state index contributed by atoms with van der Waals surface area (Å²) in [5.41, 5.74) is 0.617. The number of pyridine rings is 1. The van der Waals surface area contributed by atoms with E-state index < -0.39 is 0 Å². The molecule has 5 heteroatoms. The van der Waals surface area contributed by atoms with Crippen LogP contribution >= 0.6 is 0 Å². The third-order valence-corrected chi connectivity index (χ3v) is 3.54. The van der Waals surface area contributed by atoms with Crippen LogP contribution in [0.25, 0.3) is 0 Å². The first-order chi connectivity index (χ1) is 9.15. The SMILES string of the molecule is CCNc1ncccc1C(=O)N(C)C1CCOC1C. The van der Waals surface area contributed by atoms with Crippen molar-refractivity contribution in [3.05, 3.63) is 23.9 Å². The first-order valence-corrected chi connectivity index (χ1v) is 6.72. The summed E-state index contributed by atoms with van der Waals surface area (Å²) < 4.78 is 5.53. The van der Waals surface area contributed by atoms with E-state index in [4.69, 9.17) is 4.74 Å². The minimum Gasteiger partial charge on any atom is -0.376 e. The summed E-state index contributed by atoms with van der Waals surface area (Å²) in [6.07, 6.45) is 2.67. The van der Waals surface area contributed by atoms with Gasteiger partial charge in [0, 0.05) is 26.4 Å². The molecule has 1 saturated heterocycles. The van der Waals surface area contributed by atoms with Crippen LogP contribution in [0.1, 0.15) is 30.6 Å². The number of amides is 1. The number of hydrogen-bond acceptors (Lipinski definition) is 4. The van der Waals surface area contributed by atoms with Gasteiger partial charge in [-0.05, 0) is 32.4 Å². The number of ether oxygens (including phenoxy) is 1. The summed E-state index contributed by atoms with van der Waals surface area (Å²) in [5, 5.41) is 3.12. The highest BCUT2D eigenvalue weighted by molar-refractivity contribution is 5.98. The molecule has 0 radical (unpaired) electrons. The molecule has 2 unspecified atom stereocenters. The third kappa shape index (κ3) is 2.87. The lowest BCUT2D eigenvalue weighted by molar-refractivity contribution is 0.0575. The Balaban J connectivity index is 2.19. The molecule has 1 amide bonds. The Morgan fingerprint density at radius 1 is 1.63 bits per heavy atom. The molecule has 1 aromatic heterocycles. The Kier molecular flexibility index (Phi) is 4.37. The maximum Gasteiger partial charge on any atom is 0.257 e. The molecule has 19 heavy (non-hydrogen) atoms. The molecule has 2 atom stereocenters. The van der Waals surface area contributed by atoms with Crippen LogP contribution in [0.2, 0.25) is 0 Å². The molecule has 0 saturated carbocycles. The molecule has 5 nitrogen and oxygen atoms in total. The third-order valence-electron chi connectivity index (χ3n) is 3.54. The van der Waals surface area contributed by atoms with E-state index in [-0.39, 0.29) is 18.1 Å². The van der Waals surface area contributed by atoms with E-state index in [2.05, 4.69) is 10.3 Å². The second-order valence-electron chi connectivity index (χ2n) is 4.78. The van der Waals surface area contributed by atoms with E-state index in [0.717, 1.165) is 19.6 Å². The van der Waals surface area contributed by atoms with Crippen LogP contribution in [-0.2, 0) is 4.74 Å². The summed E-state index contributed by atoms with van der Waals surface area (Å²) in [6, 6.07) is 3.74. The number of aromatic nitrogens is 1. The van der Waals surface area contributed by atoms with Gasteiger partial charge in [-0.2, -0.15) is 0 Å². The van der Waals surface area contributed by atoms with Gasteiger partial charge in [0.05, 0.1) is 17.7 Å². The van der Waals surface area contributed by atoms with E-state index in [1.807, 2.05) is 27.0 Å². The van der Waals surface area contributed by atoms with Gasteiger partial charge in [0.2, 0.25) is 0 Å². The van der Waals surface area contributed by atoms with Gasteiger partial charge in [-0.25, -0.2) is 4.98 Å². The second kappa shape index (κ2) is 6.02. The minimum atomic E-state index is -0.00796. The van der Waals surface area contributed by atoms with Gasteiger partial charge in [0.25, 0.3) is 5.91 Å². The molecule has 0 bridgehead atoms. The zero-order valence-electron chi connectivity index (χ0n) is 11.7. The molecule has 1 fully saturated rings. The summed E-state index contributed by atoms with van der Waals surface area (Å²) in [6.45, 7) is 5.45. The fraction of sp³-hybridized carbons (Fsp3) is 0.571. The van der Waals surface area contributed by atoms with Gasteiger partial charge in [-0.1, -0.05) is 0 Å². The Morgan fingerprint density at radius 3 is 3.05 bits per heavy atom. The monoisotopic (exact) mass is 263 g/mol. The largest absolute Gasteiger partial charge is 0.376 e. The van der Waals surface area contributed by atoms with Crippen molar-refractivity contribution in [1.29, 1.82) is 0 Å². The van der Waals surface area contributed by atoms with Gasteiger partial charge >= 0.3 is 0 Å². The fourth-order valence-electron chi connectivity index (χ4n) is 2.46. The normalized spacial score (nSPS) is 22.3. The van der Waals surface area contributed by atoms with E-state index in [0.29, 0.717) is 11.4 Å². The van der Waals surface area contributed by atoms with Crippen molar-refractivity contribution in [2.24, 2.45) is 0 Å². The summed E-state index contributed by atoms with van der Waals surface area (Å²) in [7, 11) is 1.83. The fourth-order valence-corrected chi connectivity index (χ4v) is 2.46. The lowest BCUT2D eigenvalue weighted by Gasteiger charge is -2.27. The topological polar surface area (TPSA) is 54.5 Å². The van der Waals surface area contributed by atoms with Crippen LogP contribution in [0.15, 0.2) is 18.3 Å². The Hall–Kier alpha value is -1.62. The van der Waals surface area contributed by atoms with Gasteiger partial charge < -0.3 is 15.0 Å². The number of hydrogen-bond donors (Lipinski definition) is 1. The van der Waals surface area contributed by atoms with Crippen molar-refractivity contribution >= 4 is 11.7 Å². The van der Waals surface area contributed by atoms with E-state index >= 15 is 0 Å². The van der Waals surface area contributed by atoms with Crippen LogP contribution < -0.4 is 5.32 Å². The number of carbonyl (C=O) groups excluding carboxylic acids is 1. The average Bonchev–Trinajstić information content (AvgIpc) is 2.84. The minimum absolute atomic E-state index is 0.00796. The molecule has 1 N–H and O–H groups in total. The summed E-state index contributed by atoms with van der Waals surface area (Å²) in [5.74, 6) is 0.639. The molecule has 104 valence electrons. The molecule has 1 aromatic rings. The molecule has 2 rings (SSSR count). The number of carbonyl (C=O) groups is 1. The van der Waals surface area contributed by atoms with Gasteiger partial charge in [-0.15, -0.1) is 0 Å². The van der Waals surface area contributed by atoms with Crippen molar-refractivity contribution in [2.45, 2.75) is 32.4 Å². The Labute approximate surface area is 114 Å². The molecule has 0 spiro atoms. The van der Waals surface area contributed by atoms with Crippen LogP contribution in [0, 0.1) is 0 Å². The number of rotatable bonds is 4. The first kappa shape index (κ1) is 13.8. The highest BCUT2D eigenvalue weighted by Gasteiger charge is 2.31. The Morgan fingerprint density at radius 2 is 2.42 bits per heavy atom. The number of likely N-dealkylation sites (N-methyl/N-ethyl adjacent to an activating group) is 1. The Bertz CT molecular complexity index is 450. The molecular weight excluding hydrogens is 242 g/mol. The molecule has 1 aliphatic heterocycles. The van der Waals surface area contributed by atoms with Gasteiger partial charge in [0.1, 0.15) is 5.82 Å². The summed E-state index contributed by atoms with van der Waals surface area (Å²) >= 11 is 0. The zero-order chi connectivity index (χ0) is 13.8. The van der Waals surface area contributed by atoms with Crippen LogP contribution in [0.4, 0.5) is 5.82 Å². The molecule has 1 aliphatic rings. The maximum atomic E-state index is 12.6. The lowest BCUT2D eigenvalue weighted by Crippen LogP contribution is -2.41. The maximum absolute atomic E-state index is 12.6. The van der Waals surface area contributed by atoms with Crippen molar-refractivity contribution < 1.29 is 9.53 Å². The van der Waals surface area contributed by atoms with Gasteiger partial charge in [0.15, 0.2) is 0 Å². The lowest BCUT2D eigenvalue weighted by atomic mass is 10.1. The van der Waals surface area contributed by atoms with Crippen molar-refractivity contribution in [2.75, 3.05) is 25.5 Å². The van der Waals surface area contributed by atoms with Crippen LogP contribution in [0.5, 0.6) is 0 Å². The van der Waals surface area contributed by atoms with E-state index in [1.54, 1.807) is 17.2 Å². The van der Waals surface area contributed by atoms with E-state index in [1.165, 1.54) is 0 Å². The first-order valence-electron chi connectivity index (χ1n) is 6.72. The number of nitrogens with zero attached hydrogens (tertiary/aromatic N) is 2. The predicted molar refractivity (Wildman–Crippen MR) is 74.3 cm³/mol. The standard InChI is InChI=1S/C14H21N3O2/c1-4-15-13-11(6-5-8-16-13)14(18)17(3)12-7-9-19-10(12)2/h5-6,8,10,12H,4,7,9H2,1-3H3,(H,15,16). The highest BCUT2D eigenvalue weighted by atomic mass is 16.5. The average molecular weight is 263 g/mol. The van der Waals surface area contributed by atoms with Crippen LogP contribution in [0.3, 0.4) is 0 Å². The smallest absolute Gasteiger partial charge is 0.257 e. The molecule has 0 aromatic carbocycles. The predicted octanol–water partition coefficient (Wildman–Crippen LogP) is 1.76. The van der Waals surface area contributed by atoms with Gasteiger partial charge in [-0.3, -0.25) is 4.79 Å². The quantitative estimate of drug-likeness (QED) is 0.899. The van der Waals surface area contributed by atoms with E-state index in [9.17, 15) is 4.79 Å². The molecule has 2 heterocycles. The highest BCUT2D eigenvalue weighted by Crippen LogP contribution is 2.22. The molecular formula is C14H21N3O2. The molecule has 0 aliphatic carbocycles. The van der Waals surface area contributed by atoms with Crippen molar-refractivity contribution in [1.82, 2.24) is 9.88 Å². The zero-order valence-corrected chi connectivity index (χ0v) is 11.7. The van der Waals surface area contributed by atoms with Crippen molar-refractivity contribution in [3.8, 4) is 0 Å². The summed E-state index contributed by atoms with van der Waals surface area (Å²) in [4.78, 5) is 18.6. The second-order valence-corrected chi connectivity index (χ2v) is 4.78. The number of nitrogens with one attached hydrogen (secondary N) is 1. The van der Waals surface area contributed by atoms with Crippen LogP contribution in [-0.4, -0.2) is 48.1 Å². The number of anilines is 1. The van der Waals surface area contributed by atoms with Crippen molar-refractivity contribution in [3.63, 3.8) is 0 Å².